The van der Waals surface area contributed by atoms with Gasteiger partial charge in [-0.05, 0) is 12.1 Å². The first-order valence-electron chi connectivity index (χ1n) is 4.32. The lowest BCUT2D eigenvalue weighted by Gasteiger charge is -1.99. The average molecular weight is 221 g/mol. The largest absolute Gasteiger partial charge is 0.313 e. The Morgan fingerprint density at radius 3 is 2.94 bits per heavy atom. The summed E-state index contributed by atoms with van der Waals surface area (Å²) in [6, 6.07) is 1.08. The predicted octanol–water partition coefficient (Wildman–Crippen LogP) is -0.286. The van der Waals surface area contributed by atoms with E-state index in [9.17, 15) is 9.59 Å². The van der Waals surface area contributed by atoms with E-state index in [4.69, 9.17) is 0 Å². The molecule has 2 aromatic heterocycles. The topological polar surface area (TPSA) is 114 Å². The van der Waals surface area contributed by atoms with Crippen LogP contribution in [0.5, 0.6) is 0 Å². The van der Waals surface area contributed by atoms with Gasteiger partial charge in [-0.1, -0.05) is 5.16 Å². The van der Waals surface area contributed by atoms with Crippen molar-refractivity contribution >= 4 is 11.7 Å². The Morgan fingerprint density at radius 2 is 2.31 bits per heavy atom. The molecule has 0 saturated heterocycles. The summed E-state index contributed by atoms with van der Waals surface area (Å²) in [5.74, 6) is -0.350. The summed E-state index contributed by atoms with van der Waals surface area (Å²) in [5, 5.41) is 9.38. The first-order chi connectivity index (χ1) is 7.66. The molecule has 2 heterocycles. The fourth-order valence-electron chi connectivity index (χ4n) is 1.01. The van der Waals surface area contributed by atoms with E-state index in [1.165, 1.54) is 0 Å². The molecule has 8 heteroatoms. The molecule has 2 aromatic rings. The average Bonchev–Trinajstić information content (AvgIpc) is 2.64. The smallest absolute Gasteiger partial charge is 0.275 e. The van der Waals surface area contributed by atoms with Gasteiger partial charge in [-0.3, -0.25) is 9.59 Å². The maximum absolute atomic E-state index is 11.6. The quantitative estimate of drug-likeness (QED) is 0.720. The molecule has 0 spiro atoms. The van der Waals surface area contributed by atoms with Crippen LogP contribution in [-0.4, -0.2) is 26.2 Å². The zero-order valence-corrected chi connectivity index (χ0v) is 8.22. The van der Waals surface area contributed by atoms with Gasteiger partial charge in [-0.25, -0.2) is 9.61 Å². The number of amides is 1. The van der Waals surface area contributed by atoms with Crippen LogP contribution in [0.1, 0.15) is 16.2 Å². The molecule has 0 fully saturated rings. The minimum atomic E-state index is -0.551. The Kier molecular flexibility index (Phi) is 2.46. The Balaban J connectivity index is 2.21. The number of nitrogens with zero attached hydrogens (tertiary/aromatic N) is 3. The number of aryl methyl sites for hydroxylation is 1. The molecule has 0 aliphatic carbocycles. The van der Waals surface area contributed by atoms with Gasteiger partial charge < -0.3 is 10.3 Å². The van der Waals surface area contributed by atoms with Crippen LogP contribution in [0.3, 0.4) is 0 Å². The molecule has 0 aliphatic heterocycles. The first-order valence-corrected chi connectivity index (χ1v) is 4.32. The molecular weight excluding hydrogens is 214 g/mol. The van der Waals surface area contributed by atoms with E-state index in [-0.39, 0.29) is 11.5 Å². The van der Waals surface area contributed by atoms with Crippen LogP contribution in [0.4, 0.5) is 5.82 Å². The highest BCUT2D eigenvalue weighted by molar-refractivity contribution is 6.02. The lowest BCUT2D eigenvalue weighted by Crippen LogP contribution is -2.18. The van der Waals surface area contributed by atoms with E-state index in [1.807, 2.05) is 0 Å². The van der Waals surface area contributed by atoms with Crippen LogP contribution in [-0.2, 0) is 0 Å². The van der Waals surface area contributed by atoms with Crippen molar-refractivity contribution in [1.82, 2.24) is 20.3 Å². The molecule has 0 aromatic carbocycles. The maximum Gasteiger partial charge on any atom is 0.275 e. The number of carbonyl (C=O) groups excluding carboxylic acids is 1. The number of hydrogen-bond donors (Lipinski definition) is 2. The van der Waals surface area contributed by atoms with Gasteiger partial charge in [0.2, 0.25) is 5.82 Å². The third-order valence-electron chi connectivity index (χ3n) is 1.80. The van der Waals surface area contributed by atoms with Crippen molar-refractivity contribution in [3.8, 4) is 0 Å². The number of anilines is 1. The summed E-state index contributed by atoms with van der Waals surface area (Å²) in [6.45, 7) is 1.62. The summed E-state index contributed by atoms with van der Waals surface area (Å²) >= 11 is 0. The minimum Gasteiger partial charge on any atom is -0.313 e. The lowest BCUT2D eigenvalue weighted by atomic mass is 10.3. The highest BCUT2D eigenvalue weighted by Gasteiger charge is 2.12. The molecule has 8 nitrogen and oxygen atoms in total. The second kappa shape index (κ2) is 3.93. The van der Waals surface area contributed by atoms with Gasteiger partial charge in [-0.2, -0.15) is 0 Å². The van der Waals surface area contributed by atoms with Gasteiger partial charge in [0.05, 0.1) is 6.33 Å². The van der Waals surface area contributed by atoms with Crippen LogP contribution in [0.2, 0.25) is 0 Å². The third kappa shape index (κ3) is 1.95. The Hall–Kier alpha value is -2.51. The van der Waals surface area contributed by atoms with Gasteiger partial charge in [0.25, 0.3) is 11.5 Å². The van der Waals surface area contributed by atoms with Crippen molar-refractivity contribution in [2.75, 3.05) is 5.32 Å². The second-order valence-corrected chi connectivity index (χ2v) is 2.95. The number of carbonyl (C=O) groups is 1. The zero-order chi connectivity index (χ0) is 11.5. The number of hydrogen-bond acceptors (Lipinski definition) is 6. The predicted molar refractivity (Wildman–Crippen MR) is 51.8 cm³/mol. The first kappa shape index (κ1) is 10.0. The molecule has 16 heavy (non-hydrogen) atoms. The molecule has 0 radical (unpaired) electrons. The Labute approximate surface area is 88.7 Å². The monoisotopic (exact) mass is 221 g/mol. The summed E-state index contributed by atoms with van der Waals surface area (Å²) in [7, 11) is 0. The maximum atomic E-state index is 11.6. The molecule has 1 amide bonds. The van der Waals surface area contributed by atoms with Crippen molar-refractivity contribution in [2.45, 2.75) is 6.92 Å². The summed E-state index contributed by atoms with van der Waals surface area (Å²) < 4.78 is 4.40. The number of aromatic amines is 1. The second-order valence-electron chi connectivity index (χ2n) is 2.95. The highest BCUT2D eigenvalue weighted by atomic mass is 16.6. The molecule has 0 saturated carbocycles. The van der Waals surface area contributed by atoms with E-state index in [2.05, 4.69) is 30.2 Å². The van der Waals surface area contributed by atoms with Crippen LogP contribution in [0, 0.1) is 6.92 Å². The van der Waals surface area contributed by atoms with Crippen LogP contribution in [0.25, 0.3) is 0 Å². The fourth-order valence-corrected chi connectivity index (χ4v) is 1.01. The zero-order valence-electron chi connectivity index (χ0n) is 8.22. The van der Waals surface area contributed by atoms with Crippen LogP contribution >= 0.6 is 0 Å². The van der Waals surface area contributed by atoms with Gasteiger partial charge in [0, 0.05) is 6.07 Å². The Morgan fingerprint density at radius 1 is 1.50 bits per heavy atom. The molecule has 82 valence electrons. The van der Waals surface area contributed by atoms with Crippen molar-refractivity contribution in [1.29, 1.82) is 0 Å². The third-order valence-corrected chi connectivity index (χ3v) is 1.80. The molecule has 0 unspecified atom stereocenters. The lowest BCUT2D eigenvalue weighted by molar-refractivity contribution is 0.102. The minimum absolute atomic E-state index is 0.00819. The Bertz CT molecular complexity index is 573. The van der Waals surface area contributed by atoms with Crippen molar-refractivity contribution in [2.24, 2.45) is 0 Å². The number of H-pyrrole nitrogens is 1. The molecule has 2 rings (SSSR count). The molecule has 2 N–H and O–H groups in total. The standard InChI is InChI=1S/C8H7N5O3/c1-4-7(13-16-12-4)11-8(15)5-2-6(14)10-3-9-5/h2-3H,1H3,(H,9,10,14)(H,11,13,15). The SMILES string of the molecule is Cc1nonc1NC(=O)c1cc(=O)[nH]cn1. The van der Waals surface area contributed by atoms with Crippen LogP contribution < -0.4 is 10.9 Å². The van der Waals surface area contributed by atoms with E-state index in [1.54, 1.807) is 6.92 Å². The molecule has 0 bridgehead atoms. The van der Waals surface area contributed by atoms with Crippen molar-refractivity contribution in [3.05, 3.63) is 34.1 Å². The van der Waals surface area contributed by atoms with Gasteiger partial charge >= 0.3 is 0 Å². The summed E-state index contributed by atoms with van der Waals surface area (Å²) in [5.41, 5.74) is 0.0273. The molecular formula is C8H7N5O3. The van der Waals surface area contributed by atoms with Crippen molar-refractivity contribution in [3.63, 3.8) is 0 Å². The number of aromatic nitrogens is 4. The highest BCUT2D eigenvalue weighted by Crippen LogP contribution is 2.07. The van der Waals surface area contributed by atoms with E-state index in [0.717, 1.165) is 12.4 Å². The van der Waals surface area contributed by atoms with Gasteiger partial charge in [-0.15, -0.1) is 0 Å². The summed E-state index contributed by atoms with van der Waals surface area (Å²) in [4.78, 5) is 28.5. The number of nitrogens with one attached hydrogen (secondary N) is 2. The number of rotatable bonds is 2. The molecule has 0 aliphatic rings. The van der Waals surface area contributed by atoms with Crippen molar-refractivity contribution < 1.29 is 9.42 Å². The van der Waals surface area contributed by atoms with E-state index >= 15 is 0 Å². The van der Waals surface area contributed by atoms with E-state index < -0.39 is 11.5 Å². The van der Waals surface area contributed by atoms with Crippen LogP contribution in [0.15, 0.2) is 21.8 Å². The summed E-state index contributed by atoms with van der Waals surface area (Å²) in [6.07, 6.45) is 1.14. The molecule has 0 atom stereocenters. The fraction of sp³-hybridized carbons (Fsp3) is 0.125. The normalized spacial score (nSPS) is 10.1. The van der Waals surface area contributed by atoms with Gasteiger partial charge in [0.15, 0.2) is 0 Å². The van der Waals surface area contributed by atoms with Gasteiger partial charge in [0.1, 0.15) is 11.4 Å². The van der Waals surface area contributed by atoms with E-state index in [0.29, 0.717) is 5.69 Å².